The lowest BCUT2D eigenvalue weighted by Crippen LogP contribution is -2.35. The summed E-state index contributed by atoms with van der Waals surface area (Å²) in [5, 5.41) is 11.2. The van der Waals surface area contributed by atoms with Gasteiger partial charge in [0, 0.05) is 52.7 Å². The van der Waals surface area contributed by atoms with Gasteiger partial charge in [-0.2, -0.15) is 0 Å². The van der Waals surface area contributed by atoms with Crippen molar-refractivity contribution in [1.29, 1.82) is 0 Å². The average molecular weight is 786 g/mol. The minimum absolute atomic E-state index is 0.0419. The van der Waals surface area contributed by atoms with E-state index in [1.54, 1.807) is 0 Å². The Morgan fingerprint density at radius 1 is 0.808 bits per heavy atom. The van der Waals surface area contributed by atoms with Crippen LogP contribution in [0.4, 0.5) is 5.69 Å². The van der Waals surface area contributed by atoms with E-state index < -0.39 is 64.9 Å². The van der Waals surface area contributed by atoms with Crippen LogP contribution in [0, 0.1) is 27.9 Å². The summed E-state index contributed by atoms with van der Waals surface area (Å²) in [7, 11) is -7.14. The van der Waals surface area contributed by atoms with Crippen LogP contribution in [0.1, 0.15) is 59.2 Å². The van der Waals surface area contributed by atoms with Crippen molar-refractivity contribution in [1.82, 2.24) is 0 Å². The second-order valence-corrected chi connectivity index (χ2v) is 18.3. The summed E-state index contributed by atoms with van der Waals surface area (Å²) >= 11 is 7.74. The Kier molecular flexibility index (Phi) is 11.5. The van der Waals surface area contributed by atoms with Crippen LogP contribution in [0.2, 0.25) is 5.02 Å². The Morgan fingerprint density at radius 3 is 1.92 bits per heavy atom. The van der Waals surface area contributed by atoms with Crippen molar-refractivity contribution in [3.05, 3.63) is 103 Å². The van der Waals surface area contributed by atoms with Gasteiger partial charge in [-0.05, 0) is 74.1 Å². The van der Waals surface area contributed by atoms with Crippen LogP contribution in [-0.4, -0.2) is 63.2 Å². The molecule has 2 saturated carbocycles. The lowest BCUT2D eigenvalue weighted by Gasteiger charge is -2.24. The maximum absolute atomic E-state index is 13.4. The van der Waals surface area contributed by atoms with Crippen molar-refractivity contribution < 1.29 is 45.7 Å². The van der Waals surface area contributed by atoms with E-state index in [2.05, 4.69) is 0 Å². The number of Topliss-reactive ketones (excluding diaryl/α,β-unsaturated/α-hetero) is 5. The topological polar surface area (TPSA) is 197 Å². The summed E-state index contributed by atoms with van der Waals surface area (Å²) in [5.74, 6) is -4.08. The third-order valence-electron chi connectivity index (χ3n) is 9.09. The Balaban J connectivity index is 0.000000207. The quantitative estimate of drug-likeness (QED) is 0.0797. The zero-order chi connectivity index (χ0) is 38.1. The molecule has 0 spiro atoms. The van der Waals surface area contributed by atoms with Gasteiger partial charge in [-0.3, -0.25) is 34.1 Å². The number of nitro groups is 1. The highest BCUT2D eigenvalue weighted by Crippen LogP contribution is 2.50. The number of carbonyl (C=O) groups is 5. The number of nitrogens with zero attached hydrogens (tertiary/aromatic N) is 1. The first-order valence-corrected chi connectivity index (χ1v) is 21.0. The van der Waals surface area contributed by atoms with Crippen LogP contribution in [0.15, 0.2) is 91.9 Å². The molecule has 3 aromatic rings. The predicted octanol–water partition coefficient (Wildman–Crippen LogP) is 6.09. The molecule has 2 unspecified atom stereocenters. The number of carbonyl (C=O) groups excluding carboxylic acids is 5. The number of benzene rings is 3. The summed E-state index contributed by atoms with van der Waals surface area (Å²) in [6, 6.07) is 16.5. The molecule has 0 amide bonds. The monoisotopic (exact) mass is 785 g/mol. The molecule has 2 atom stereocenters. The van der Waals surface area contributed by atoms with E-state index in [-0.39, 0.29) is 56.4 Å². The number of allylic oxidation sites excluding steroid dienone is 2. The summed E-state index contributed by atoms with van der Waals surface area (Å²) in [6.07, 6.45) is 4.92. The van der Waals surface area contributed by atoms with Crippen LogP contribution < -0.4 is 0 Å². The Labute approximate surface area is 309 Å². The molecule has 52 heavy (non-hydrogen) atoms. The van der Waals surface area contributed by atoms with Crippen molar-refractivity contribution in [3.63, 3.8) is 0 Å². The number of sulfone groups is 2. The summed E-state index contributed by atoms with van der Waals surface area (Å²) in [4.78, 5) is 74.3. The number of hydrogen-bond donors (Lipinski definition) is 0. The van der Waals surface area contributed by atoms with E-state index in [4.69, 9.17) is 11.6 Å². The van der Waals surface area contributed by atoms with Gasteiger partial charge in [0.2, 0.25) is 0 Å². The number of ketones is 5. The lowest BCUT2D eigenvalue weighted by atomic mass is 9.81. The lowest BCUT2D eigenvalue weighted by molar-refractivity contribution is -0.385. The van der Waals surface area contributed by atoms with Crippen molar-refractivity contribution >= 4 is 77.6 Å². The highest BCUT2D eigenvalue weighted by molar-refractivity contribution is 8.03. The molecule has 3 aromatic carbocycles. The molecule has 2 bridgehead atoms. The van der Waals surface area contributed by atoms with Crippen molar-refractivity contribution in [2.75, 3.05) is 12.5 Å². The molecule has 272 valence electrons. The standard InChI is InChI=1S/C22H19ClO4S2.C14H13NO7S/c1-29(26,27)16-9-10-17(18(23)12-16)21(25)19-20(24)13-7-8-14(11-13)22(19)28-15-5-3-2-4-6-15;1-23(21,22)8-5-6-9(10(7-8)15(19)20)14(18)13-11(16)3-2-4-12(13)17/h2-6,9-10,12-14H,7-8,11H2,1H3;5-7,13H,2-4H2,1H3. The van der Waals surface area contributed by atoms with Gasteiger partial charge in [-0.15, -0.1) is 0 Å². The molecule has 2 fully saturated rings. The van der Waals surface area contributed by atoms with Crippen LogP contribution in [0.5, 0.6) is 0 Å². The van der Waals surface area contributed by atoms with E-state index in [9.17, 15) is 50.9 Å². The minimum atomic E-state index is -3.70. The molecule has 0 saturated heterocycles. The van der Waals surface area contributed by atoms with Gasteiger partial charge in [-0.25, -0.2) is 16.8 Å². The average Bonchev–Trinajstić information content (AvgIpc) is 3.53. The molecule has 3 aliphatic rings. The molecule has 6 rings (SSSR count). The molecule has 0 radical (unpaired) electrons. The first-order chi connectivity index (χ1) is 24.4. The third-order valence-corrected chi connectivity index (χ3v) is 12.9. The van der Waals surface area contributed by atoms with E-state index >= 15 is 0 Å². The second kappa shape index (κ2) is 15.3. The molecule has 0 N–H and O–H groups in total. The Hall–Kier alpha value is -4.31. The number of thioether (sulfide) groups is 1. The number of rotatable bonds is 9. The van der Waals surface area contributed by atoms with Crippen molar-refractivity contribution in [2.24, 2.45) is 17.8 Å². The molecule has 0 heterocycles. The summed E-state index contributed by atoms with van der Waals surface area (Å²) < 4.78 is 46.5. The van der Waals surface area contributed by atoms with E-state index in [1.807, 2.05) is 30.3 Å². The molecule has 0 aliphatic heterocycles. The van der Waals surface area contributed by atoms with Gasteiger partial charge in [-0.1, -0.05) is 41.6 Å². The number of hydrogen-bond acceptors (Lipinski definition) is 12. The van der Waals surface area contributed by atoms with Gasteiger partial charge < -0.3 is 0 Å². The molecule has 3 aliphatic carbocycles. The fourth-order valence-electron chi connectivity index (χ4n) is 6.46. The smallest absolute Gasteiger partial charge is 0.281 e. The normalized spacial score (nSPS) is 19.2. The number of halogens is 1. The van der Waals surface area contributed by atoms with Crippen LogP contribution >= 0.6 is 23.4 Å². The maximum Gasteiger partial charge on any atom is 0.281 e. The SMILES string of the molecule is CS(=O)(=O)c1ccc(C(=O)C2=C(Sc3ccccc3)C3CCC(C3)C2=O)c(Cl)c1.CS(=O)(=O)c1ccc(C(=O)C2C(=O)CCCC2=O)c([N+](=O)[O-])c1. The highest BCUT2D eigenvalue weighted by atomic mass is 35.5. The second-order valence-electron chi connectivity index (χ2n) is 12.8. The van der Waals surface area contributed by atoms with Crippen molar-refractivity contribution in [3.8, 4) is 0 Å². The van der Waals surface area contributed by atoms with Gasteiger partial charge in [0.25, 0.3) is 5.69 Å². The van der Waals surface area contributed by atoms with E-state index in [1.165, 1.54) is 30.0 Å². The fraction of sp³-hybridized carbons (Fsp3) is 0.306. The molecular weight excluding hydrogens is 754 g/mol. The van der Waals surface area contributed by atoms with Gasteiger partial charge in [0.15, 0.2) is 48.6 Å². The van der Waals surface area contributed by atoms with E-state index in [0.717, 1.165) is 59.8 Å². The Bertz CT molecular complexity index is 2270. The number of fused-ring (bicyclic) bond motifs is 2. The Morgan fingerprint density at radius 2 is 1.37 bits per heavy atom. The third kappa shape index (κ3) is 8.33. The van der Waals surface area contributed by atoms with Gasteiger partial charge in [0.1, 0.15) is 5.92 Å². The summed E-state index contributed by atoms with van der Waals surface area (Å²) in [5.41, 5.74) is -0.790. The maximum atomic E-state index is 13.4. The number of nitro benzene ring substituents is 1. The summed E-state index contributed by atoms with van der Waals surface area (Å²) in [6.45, 7) is 0. The fourth-order valence-corrected chi connectivity index (χ4v) is 9.30. The van der Waals surface area contributed by atoms with Gasteiger partial charge in [0.05, 0.1) is 30.9 Å². The first-order valence-electron chi connectivity index (χ1n) is 16.0. The van der Waals surface area contributed by atoms with E-state index in [0.29, 0.717) is 6.42 Å². The molecule has 12 nitrogen and oxygen atoms in total. The van der Waals surface area contributed by atoms with Crippen LogP contribution in [0.3, 0.4) is 0 Å². The van der Waals surface area contributed by atoms with Gasteiger partial charge >= 0.3 is 0 Å². The largest absolute Gasteiger partial charge is 0.298 e. The highest BCUT2D eigenvalue weighted by Gasteiger charge is 2.44. The predicted molar refractivity (Wildman–Crippen MR) is 192 cm³/mol. The van der Waals surface area contributed by atoms with Crippen molar-refractivity contribution in [2.45, 2.75) is 53.2 Å². The molecule has 0 aromatic heterocycles. The van der Waals surface area contributed by atoms with Crippen LogP contribution in [-0.2, 0) is 34.1 Å². The van der Waals surface area contributed by atoms with Crippen LogP contribution in [0.25, 0.3) is 0 Å². The minimum Gasteiger partial charge on any atom is -0.298 e. The zero-order valence-corrected chi connectivity index (χ0v) is 31.1. The molecule has 16 heteroatoms. The molecular formula is C36H32ClNO11S3. The first kappa shape index (κ1) is 38.9. The zero-order valence-electron chi connectivity index (χ0n) is 27.9.